The number of anilines is 1. The maximum atomic E-state index is 11.4. The lowest BCUT2D eigenvalue weighted by Gasteiger charge is -2.09. The van der Waals surface area contributed by atoms with Crippen LogP contribution in [0.2, 0.25) is 0 Å². The molecule has 0 aliphatic heterocycles. The summed E-state index contributed by atoms with van der Waals surface area (Å²) in [6, 6.07) is 17.4. The van der Waals surface area contributed by atoms with Crippen LogP contribution < -0.4 is 5.43 Å². The molecule has 2 aromatic rings. The standard InChI is InChI=1S/C17H16N2O2/c1-12(20)17(13(2)21)19-18-16-11-7-6-10-15(16)14-8-4-3-5-9-14/h3-11,18H,1-2H3. The summed E-state index contributed by atoms with van der Waals surface area (Å²) < 4.78 is 0. The predicted molar refractivity (Wildman–Crippen MR) is 84.3 cm³/mol. The van der Waals surface area contributed by atoms with E-state index in [2.05, 4.69) is 10.5 Å². The molecular formula is C17H16N2O2. The summed E-state index contributed by atoms with van der Waals surface area (Å²) in [6.07, 6.45) is 0. The van der Waals surface area contributed by atoms with Crippen molar-refractivity contribution in [1.29, 1.82) is 0 Å². The summed E-state index contributed by atoms with van der Waals surface area (Å²) in [5.74, 6) is -0.709. The number of rotatable bonds is 5. The van der Waals surface area contributed by atoms with E-state index in [0.717, 1.165) is 16.8 Å². The van der Waals surface area contributed by atoms with Crippen molar-refractivity contribution in [3.63, 3.8) is 0 Å². The lowest BCUT2D eigenvalue weighted by molar-refractivity contribution is -0.114. The summed E-state index contributed by atoms with van der Waals surface area (Å²) in [7, 11) is 0. The molecule has 0 heterocycles. The van der Waals surface area contributed by atoms with Crippen molar-refractivity contribution in [2.75, 3.05) is 5.43 Å². The first-order chi connectivity index (χ1) is 10.1. The van der Waals surface area contributed by atoms with Gasteiger partial charge >= 0.3 is 0 Å². The van der Waals surface area contributed by atoms with E-state index >= 15 is 0 Å². The topological polar surface area (TPSA) is 58.5 Å². The quantitative estimate of drug-likeness (QED) is 0.519. The Bertz CT molecular complexity index is 675. The first-order valence-electron chi connectivity index (χ1n) is 6.59. The molecular weight excluding hydrogens is 264 g/mol. The highest BCUT2D eigenvalue weighted by molar-refractivity contribution is 6.65. The van der Waals surface area contributed by atoms with Crippen LogP contribution in [0, 0.1) is 0 Å². The molecule has 106 valence electrons. The molecule has 0 fully saturated rings. The normalized spacial score (nSPS) is 9.81. The number of para-hydroxylation sites is 1. The van der Waals surface area contributed by atoms with Crippen molar-refractivity contribution >= 4 is 23.0 Å². The van der Waals surface area contributed by atoms with E-state index in [-0.39, 0.29) is 17.3 Å². The zero-order valence-electron chi connectivity index (χ0n) is 12.0. The Kier molecular flexibility index (Phi) is 4.61. The van der Waals surface area contributed by atoms with Gasteiger partial charge in [0.05, 0.1) is 5.69 Å². The van der Waals surface area contributed by atoms with Gasteiger partial charge in [0, 0.05) is 19.4 Å². The number of nitrogens with zero attached hydrogens (tertiary/aromatic N) is 1. The maximum absolute atomic E-state index is 11.4. The van der Waals surface area contributed by atoms with Crippen LogP contribution in [0.3, 0.4) is 0 Å². The Morgan fingerprint density at radius 1 is 0.857 bits per heavy atom. The summed E-state index contributed by atoms with van der Waals surface area (Å²) in [5.41, 5.74) is 5.46. The van der Waals surface area contributed by atoms with Crippen molar-refractivity contribution in [3.8, 4) is 11.1 Å². The van der Waals surface area contributed by atoms with E-state index in [0.29, 0.717) is 0 Å². The summed E-state index contributed by atoms with van der Waals surface area (Å²) >= 11 is 0. The van der Waals surface area contributed by atoms with Crippen molar-refractivity contribution in [2.24, 2.45) is 5.10 Å². The predicted octanol–water partition coefficient (Wildman–Crippen LogP) is 3.30. The van der Waals surface area contributed by atoms with Crippen molar-refractivity contribution in [1.82, 2.24) is 0 Å². The smallest absolute Gasteiger partial charge is 0.183 e. The van der Waals surface area contributed by atoms with Gasteiger partial charge in [0.25, 0.3) is 0 Å². The third-order valence-electron chi connectivity index (χ3n) is 2.97. The summed E-state index contributed by atoms with van der Waals surface area (Å²) in [4.78, 5) is 22.7. The van der Waals surface area contributed by atoms with Crippen LogP contribution in [0.1, 0.15) is 13.8 Å². The number of nitrogens with one attached hydrogen (secondary N) is 1. The third kappa shape index (κ3) is 3.63. The van der Waals surface area contributed by atoms with Crippen molar-refractivity contribution in [3.05, 3.63) is 54.6 Å². The van der Waals surface area contributed by atoms with E-state index in [9.17, 15) is 9.59 Å². The van der Waals surface area contributed by atoms with Crippen LogP contribution in [0.4, 0.5) is 5.69 Å². The third-order valence-corrected chi connectivity index (χ3v) is 2.97. The Labute approximate surface area is 123 Å². The molecule has 0 unspecified atom stereocenters. The molecule has 0 aliphatic rings. The molecule has 4 heteroatoms. The van der Waals surface area contributed by atoms with Gasteiger partial charge in [0.15, 0.2) is 17.3 Å². The highest BCUT2D eigenvalue weighted by Crippen LogP contribution is 2.27. The Balaban J connectivity index is 2.36. The van der Waals surface area contributed by atoms with E-state index < -0.39 is 0 Å². The van der Waals surface area contributed by atoms with Gasteiger partial charge in [0.1, 0.15) is 0 Å². The molecule has 1 N–H and O–H groups in total. The fraction of sp³-hybridized carbons (Fsp3) is 0.118. The number of hydrogen-bond donors (Lipinski definition) is 1. The van der Waals surface area contributed by atoms with Crippen LogP contribution in [-0.4, -0.2) is 17.3 Å². The van der Waals surface area contributed by atoms with E-state index in [4.69, 9.17) is 0 Å². The van der Waals surface area contributed by atoms with Gasteiger partial charge in [-0.05, 0) is 11.6 Å². The molecule has 0 atom stereocenters. The van der Waals surface area contributed by atoms with Gasteiger partial charge in [-0.2, -0.15) is 5.10 Å². The van der Waals surface area contributed by atoms with E-state index in [1.54, 1.807) is 0 Å². The average Bonchev–Trinajstić information content (AvgIpc) is 2.48. The molecule has 0 amide bonds. The second kappa shape index (κ2) is 6.61. The van der Waals surface area contributed by atoms with E-state index in [1.165, 1.54) is 13.8 Å². The van der Waals surface area contributed by atoms with Crippen LogP contribution >= 0.6 is 0 Å². The SMILES string of the molecule is CC(=O)C(=NNc1ccccc1-c1ccccc1)C(C)=O. The van der Waals surface area contributed by atoms with Crippen molar-refractivity contribution in [2.45, 2.75) is 13.8 Å². The van der Waals surface area contributed by atoms with Gasteiger partial charge in [-0.15, -0.1) is 0 Å². The monoisotopic (exact) mass is 280 g/mol. The minimum absolute atomic E-state index is 0.0853. The fourth-order valence-electron chi connectivity index (χ4n) is 1.97. The molecule has 2 aromatic carbocycles. The zero-order chi connectivity index (χ0) is 15.2. The first-order valence-corrected chi connectivity index (χ1v) is 6.59. The van der Waals surface area contributed by atoms with E-state index in [1.807, 2.05) is 54.6 Å². The Morgan fingerprint density at radius 2 is 1.43 bits per heavy atom. The number of carbonyl (C=O) groups excluding carboxylic acids is 2. The molecule has 0 saturated carbocycles. The molecule has 0 saturated heterocycles. The lowest BCUT2D eigenvalue weighted by atomic mass is 10.0. The number of benzene rings is 2. The molecule has 0 radical (unpaired) electrons. The number of carbonyl (C=O) groups is 2. The molecule has 0 bridgehead atoms. The van der Waals surface area contributed by atoms with Gasteiger partial charge < -0.3 is 0 Å². The average molecular weight is 280 g/mol. The van der Waals surface area contributed by atoms with Gasteiger partial charge in [0.2, 0.25) is 0 Å². The molecule has 4 nitrogen and oxygen atoms in total. The second-order valence-corrected chi connectivity index (χ2v) is 4.60. The van der Waals surface area contributed by atoms with Gasteiger partial charge in [-0.3, -0.25) is 15.0 Å². The van der Waals surface area contributed by atoms with Crippen LogP contribution in [0.15, 0.2) is 59.7 Å². The van der Waals surface area contributed by atoms with Crippen molar-refractivity contribution < 1.29 is 9.59 Å². The van der Waals surface area contributed by atoms with Crippen LogP contribution in [-0.2, 0) is 9.59 Å². The lowest BCUT2D eigenvalue weighted by Crippen LogP contribution is -2.20. The van der Waals surface area contributed by atoms with Gasteiger partial charge in [-0.25, -0.2) is 0 Å². The Hall–Kier alpha value is -2.75. The molecule has 0 aliphatic carbocycles. The fourth-order valence-corrected chi connectivity index (χ4v) is 1.97. The maximum Gasteiger partial charge on any atom is 0.183 e. The minimum atomic E-state index is -0.354. The molecule has 0 spiro atoms. The molecule has 0 aromatic heterocycles. The van der Waals surface area contributed by atoms with Crippen LogP contribution in [0.5, 0.6) is 0 Å². The number of ketones is 2. The second-order valence-electron chi connectivity index (χ2n) is 4.60. The largest absolute Gasteiger partial charge is 0.293 e. The highest BCUT2D eigenvalue weighted by atomic mass is 16.1. The zero-order valence-corrected chi connectivity index (χ0v) is 12.0. The Morgan fingerprint density at radius 3 is 2.05 bits per heavy atom. The van der Waals surface area contributed by atoms with Gasteiger partial charge in [-0.1, -0.05) is 48.5 Å². The van der Waals surface area contributed by atoms with Crippen LogP contribution in [0.25, 0.3) is 11.1 Å². The number of Topliss-reactive ketones (excluding diaryl/α,β-unsaturated/α-hetero) is 2. The minimum Gasteiger partial charge on any atom is -0.293 e. The number of hydrogen-bond acceptors (Lipinski definition) is 4. The highest BCUT2D eigenvalue weighted by Gasteiger charge is 2.12. The first kappa shape index (κ1) is 14.7. The molecule has 2 rings (SSSR count). The number of hydrazone groups is 1. The summed E-state index contributed by atoms with van der Waals surface area (Å²) in [5, 5.41) is 3.95. The molecule has 21 heavy (non-hydrogen) atoms. The summed E-state index contributed by atoms with van der Waals surface area (Å²) in [6.45, 7) is 2.65.